The van der Waals surface area contributed by atoms with E-state index in [9.17, 15) is 0 Å². The fraction of sp³-hybridized carbons (Fsp3) is 0.200. The van der Waals surface area contributed by atoms with E-state index in [-0.39, 0.29) is 15.8 Å². The van der Waals surface area contributed by atoms with Crippen LogP contribution in [0.5, 0.6) is 0 Å². The van der Waals surface area contributed by atoms with Crippen LogP contribution >= 0.6 is 0 Å². The van der Waals surface area contributed by atoms with Crippen molar-refractivity contribution in [2.24, 2.45) is 0 Å². The standard InChI is InChI=1S/C5H7As/c1-5-2-3-6-4-5/h2-4,6H,1H3. The molecule has 0 saturated carbocycles. The Kier molecular flexibility index (Phi) is 1.16. The van der Waals surface area contributed by atoms with Crippen LogP contribution in [0.4, 0.5) is 0 Å². The molecule has 0 bridgehead atoms. The van der Waals surface area contributed by atoms with Gasteiger partial charge in [0.25, 0.3) is 0 Å². The van der Waals surface area contributed by atoms with Gasteiger partial charge < -0.3 is 0 Å². The molecule has 1 unspecified atom stereocenters. The van der Waals surface area contributed by atoms with Crippen LogP contribution in [0.3, 0.4) is 0 Å². The predicted octanol–water partition coefficient (Wildman–Crippen LogP) is 0.854. The van der Waals surface area contributed by atoms with Crippen LogP contribution < -0.4 is 0 Å². The van der Waals surface area contributed by atoms with Crippen LogP contribution in [0.15, 0.2) is 21.4 Å². The fourth-order valence-corrected chi connectivity index (χ4v) is 2.12. The Morgan fingerprint density at radius 2 is 2.50 bits per heavy atom. The van der Waals surface area contributed by atoms with Gasteiger partial charge in [-0.2, -0.15) is 0 Å². The third-order valence-corrected chi connectivity index (χ3v) is 2.81. The van der Waals surface area contributed by atoms with E-state index in [1.807, 2.05) is 0 Å². The van der Waals surface area contributed by atoms with Crippen LogP contribution in [-0.2, 0) is 0 Å². The van der Waals surface area contributed by atoms with Gasteiger partial charge in [-0.05, 0) is 0 Å². The Morgan fingerprint density at radius 3 is 2.67 bits per heavy atom. The SMILES string of the molecule is CC1=C[AsH]C=C1. The van der Waals surface area contributed by atoms with Gasteiger partial charge in [-0.1, -0.05) is 0 Å². The van der Waals surface area contributed by atoms with Crippen LogP contribution in [0.2, 0.25) is 0 Å². The number of rotatable bonds is 0. The van der Waals surface area contributed by atoms with Crippen molar-refractivity contribution in [1.29, 1.82) is 0 Å². The van der Waals surface area contributed by atoms with Gasteiger partial charge in [0.2, 0.25) is 0 Å². The molecule has 32 valence electrons. The Labute approximate surface area is 44.6 Å². The first-order chi connectivity index (χ1) is 2.89. The first-order valence-corrected chi connectivity index (χ1v) is 4.41. The van der Waals surface area contributed by atoms with Crippen LogP contribution in [-0.4, -0.2) is 15.8 Å². The summed E-state index contributed by atoms with van der Waals surface area (Å²) in [5.41, 5.74) is 1.45. The predicted molar refractivity (Wildman–Crippen MR) is 30.0 cm³/mol. The first kappa shape index (κ1) is 4.20. The van der Waals surface area contributed by atoms with Gasteiger partial charge in [0, 0.05) is 0 Å². The van der Waals surface area contributed by atoms with Crippen molar-refractivity contribution in [2.45, 2.75) is 6.92 Å². The van der Waals surface area contributed by atoms with Crippen LogP contribution in [0, 0.1) is 0 Å². The van der Waals surface area contributed by atoms with Crippen molar-refractivity contribution in [3.05, 3.63) is 21.4 Å². The molecular formula is C5H7As. The second kappa shape index (κ2) is 1.66. The topological polar surface area (TPSA) is 0 Å². The molecule has 0 saturated heterocycles. The summed E-state index contributed by atoms with van der Waals surface area (Å²) in [6, 6.07) is 0. The summed E-state index contributed by atoms with van der Waals surface area (Å²) in [7, 11) is 0. The molecule has 1 heteroatoms. The molecule has 1 aliphatic heterocycles. The van der Waals surface area contributed by atoms with E-state index in [4.69, 9.17) is 0 Å². The zero-order valence-electron chi connectivity index (χ0n) is 3.73. The number of hydrogen-bond acceptors (Lipinski definition) is 0. The van der Waals surface area contributed by atoms with Crippen molar-refractivity contribution in [3.63, 3.8) is 0 Å². The molecule has 1 rings (SSSR count). The molecule has 0 N–H and O–H groups in total. The molecule has 0 amide bonds. The molecule has 0 aliphatic carbocycles. The number of hydrogen-bond donors (Lipinski definition) is 0. The van der Waals surface area contributed by atoms with Gasteiger partial charge >= 0.3 is 44.1 Å². The molecule has 0 fully saturated rings. The van der Waals surface area contributed by atoms with E-state index < -0.39 is 0 Å². The minimum atomic E-state index is 0.252. The van der Waals surface area contributed by atoms with Crippen molar-refractivity contribution in [2.75, 3.05) is 0 Å². The van der Waals surface area contributed by atoms with Gasteiger partial charge in [-0.15, -0.1) is 0 Å². The van der Waals surface area contributed by atoms with E-state index in [0.717, 1.165) is 0 Å². The summed E-state index contributed by atoms with van der Waals surface area (Å²) >= 11 is 0.252. The van der Waals surface area contributed by atoms with Crippen molar-refractivity contribution in [1.82, 2.24) is 0 Å². The molecule has 0 spiro atoms. The van der Waals surface area contributed by atoms with Crippen molar-refractivity contribution in [3.8, 4) is 0 Å². The third-order valence-electron chi connectivity index (χ3n) is 0.753. The van der Waals surface area contributed by atoms with E-state index >= 15 is 0 Å². The fourth-order valence-electron chi connectivity index (χ4n) is 0.407. The first-order valence-electron chi connectivity index (χ1n) is 1.99. The van der Waals surface area contributed by atoms with E-state index in [1.54, 1.807) is 0 Å². The average Bonchev–Trinajstić information content (AvgIpc) is 1.86. The molecule has 0 aromatic rings. The average molecular weight is 142 g/mol. The molecule has 0 aromatic heterocycles. The monoisotopic (exact) mass is 142 g/mol. The zero-order valence-corrected chi connectivity index (χ0v) is 5.83. The summed E-state index contributed by atoms with van der Waals surface area (Å²) in [6.07, 6.45) is 2.19. The number of allylic oxidation sites excluding steroid dienone is 2. The maximum atomic E-state index is 2.33. The molecule has 0 nitrogen and oxygen atoms in total. The van der Waals surface area contributed by atoms with E-state index in [1.165, 1.54) is 5.57 Å². The van der Waals surface area contributed by atoms with E-state index in [0.29, 0.717) is 0 Å². The van der Waals surface area contributed by atoms with Crippen molar-refractivity contribution >= 4 is 15.8 Å². The van der Waals surface area contributed by atoms with Gasteiger partial charge in [-0.3, -0.25) is 0 Å². The second-order valence-electron chi connectivity index (χ2n) is 1.39. The molecular weight excluding hydrogens is 135 g/mol. The molecule has 1 aliphatic rings. The summed E-state index contributed by atoms with van der Waals surface area (Å²) in [4.78, 5) is 4.62. The minimum absolute atomic E-state index is 0.252. The quantitative estimate of drug-likeness (QED) is 0.440. The van der Waals surface area contributed by atoms with Crippen LogP contribution in [0.25, 0.3) is 0 Å². The van der Waals surface area contributed by atoms with Gasteiger partial charge in [0.05, 0.1) is 0 Å². The van der Waals surface area contributed by atoms with Gasteiger partial charge in [0.15, 0.2) is 0 Å². The third kappa shape index (κ3) is 0.753. The van der Waals surface area contributed by atoms with Gasteiger partial charge in [0.1, 0.15) is 0 Å². The summed E-state index contributed by atoms with van der Waals surface area (Å²) < 4.78 is 0. The Bertz CT molecular complexity index is 97.8. The van der Waals surface area contributed by atoms with Gasteiger partial charge in [-0.25, -0.2) is 0 Å². The normalized spacial score (nSPS) is 22.5. The molecule has 1 heterocycles. The second-order valence-corrected chi connectivity index (χ2v) is 3.39. The van der Waals surface area contributed by atoms with Crippen LogP contribution in [0.1, 0.15) is 6.92 Å². The molecule has 0 aromatic carbocycles. The summed E-state index contributed by atoms with van der Waals surface area (Å²) in [5, 5.41) is 0. The maximum absolute atomic E-state index is 2.33. The summed E-state index contributed by atoms with van der Waals surface area (Å²) in [6.45, 7) is 2.15. The Balaban J connectivity index is 2.68. The Hall–Kier alpha value is 0.0384. The van der Waals surface area contributed by atoms with Crippen molar-refractivity contribution < 1.29 is 0 Å². The Morgan fingerprint density at radius 1 is 1.67 bits per heavy atom. The molecule has 6 heavy (non-hydrogen) atoms. The molecule has 1 atom stereocenters. The zero-order chi connectivity index (χ0) is 4.41. The summed E-state index contributed by atoms with van der Waals surface area (Å²) in [5.74, 6) is 0. The molecule has 0 radical (unpaired) electrons. The van der Waals surface area contributed by atoms with E-state index in [2.05, 4.69) is 22.7 Å².